The molecule has 1 aliphatic heterocycles. The highest BCUT2D eigenvalue weighted by molar-refractivity contribution is 5.81. The van der Waals surface area contributed by atoms with Crippen molar-refractivity contribution in [3.63, 3.8) is 0 Å². The highest BCUT2D eigenvalue weighted by Gasteiger charge is 2.29. The predicted octanol–water partition coefficient (Wildman–Crippen LogP) is 3.21. The van der Waals surface area contributed by atoms with Crippen molar-refractivity contribution in [2.24, 2.45) is 0 Å². The number of carbonyl (C=O) groups excluding carboxylic acids is 1. The molecule has 3 rings (SSSR count). The minimum atomic E-state index is -0.791. The van der Waals surface area contributed by atoms with Gasteiger partial charge in [0, 0.05) is 38.3 Å². The molecule has 4 nitrogen and oxygen atoms in total. The number of nitrogens with zero attached hydrogens (tertiary/aromatic N) is 2. The van der Waals surface area contributed by atoms with E-state index < -0.39 is 17.7 Å². The van der Waals surface area contributed by atoms with Crippen LogP contribution >= 0.6 is 0 Å². The number of piperazine rings is 1. The quantitative estimate of drug-likeness (QED) is 0.834. The Labute approximate surface area is 147 Å². The van der Waals surface area contributed by atoms with Gasteiger partial charge in [-0.3, -0.25) is 9.69 Å². The van der Waals surface area contributed by atoms with E-state index in [1.54, 1.807) is 11.8 Å². The van der Waals surface area contributed by atoms with Crippen molar-refractivity contribution in [3.8, 4) is 5.75 Å². The third kappa shape index (κ3) is 4.48. The van der Waals surface area contributed by atoms with Gasteiger partial charge in [-0.2, -0.15) is 0 Å². The van der Waals surface area contributed by atoms with Crippen LogP contribution in [0.4, 0.5) is 8.78 Å². The Bertz CT molecular complexity index is 597. The average Bonchev–Trinajstić information content (AvgIpc) is 2.64. The molecule has 1 atom stereocenters. The van der Waals surface area contributed by atoms with Crippen molar-refractivity contribution < 1.29 is 18.3 Å². The van der Waals surface area contributed by atoms with E-state index >= 15 is 0 Å². The lowest BCUT2D eigenvalue weighted by atomic mass is 9.94. The van der Waals surface area contributed by atoms with E-state index in [1.807, 2.05) is 0 Å². The van der Waals surface area contributed by atoms with E-state index in [-0.39, 0.29) is 11.7 Å². The minimum Gasteiger partial charge on any atom is -0.478 e. The van der Waals surface area contributed by atoms with Crippen molar-refractivity contribution in [2.45, 2.75) is 51.2 Å². The van der Waals surface area contributed by atoms with Crippen LogP contribution in [-0.2, 0) is 4.79 Å². The highest BCUT2D eigenvalue weighted by Crippen LogP contribution is 2.24. The monoisotopic (exact) mass is 352 g/mol. The van der Waals surface area contributed by atoms with E-state index in [4.69, 9.17) is 4.74 Å². The largest absolute Gasteiger partial charge is 0.478 e. The van der Waals surface area contributed by atoms with Crippen molar-refractivity contribution in [1.29, 1.82) is 0 Å². The Hall–Kier alpha value is -1.69. The van der Waals surface area contributed by atoms with Gasteiger partial charge in [-0.1, -0.05) is 19.3 Å². The fraction of sp³-hybridized carbons (Fsp3) is 0.632. The molecule has 0 aromatic heterocycles. The van der Waals surface area contributed by atoms with Crippen molar-refractivity contribution in [1.82, 2.24) is 9.80 Å². The Morgan fingerprint density at radius 2 is 1.80 bits per heavy atom. The van der Waals surface area contributed by atoms with Gasteiger partial charge in [0.1, 0.15) is 5.82 Å². The second-order valence-corrected chi connectivity index (χ2v) is 6.99. The topological polar surface area (TPSA) is 32.8 Å². The molecule has 0 spiro atoms. The predicted molar refractivity (Wildman–Crippen MR) is 91.5 cm³/mol. The van der Waals surface area contributed by atoms with Crippen LogP contribution in [0.2, 0.25) is 0 Å². The Balaban J connectivity index is 1.51. The second-order valence-electron chi connectivity index (χ2n) is 6.99. The molecular weight excluding hydrogens is 326 g/mol. The number of benzene rings is 1. The van der Waals surface area contributed by atoms with Gasteiger partial charge in [0.25, 0.3) is 5.91 Å². The first-order chi connectivity index (χ1) is 12.0. The Kier molecular flexibility index (Phi) is 5.89. The van der Waals surface area contributed by atoms with Gasteiger partial charge in [0.05, 0.1) is 0 Å². The van der Waals surface area contributed by atoms with Gasteiger partial charge >= 0.3 is 0 Å². The summed E-state index contributed by atoms with van der Waals surface area (Å²) in [7, 11) is 0. The third-order valence-corrected chi connectivity index (χ3v) is 5.26. The van der Waals surface area contributed by atoms with Crippen LogP contribution in [0.5, 0.6) is 5.75 Å². The summed E-state index contributed by atoms with van der Waals surface area (Å²) >= 11 is 0. The number of ether oxygens (including phenoxy) is 1. The lowest BCUT2D eigenvalue weighted by Gasteiger charge is -2.41. The number of hydrogen-bond acceptors (Lipinski definition) is 3. The molecule has 1 saturated carbocycles. The van der Waals surface area contributed by atoms with Gasteiger partial charge < -0.3 is 9.64 Å². The second kappa shape index (κ2) is 8.13. The first-order valence-corrected chi connectivity index (χ1v) is 9.19. The molecule has 138 valence electrons. The third-order valence-electron chi connectivity index (χ3n) is 5.26. The fourth-order valence-electron chi connectivity index (χ4n) is 3.82. The first-order valence-electron chi connectivity index (χ1n) is 9.19. The molecule has 1 unspecified atom stereocenters. The summed E-state index contributed by atoms with van der Waals surface area (Å²) in [4.78, 5) is 16.8. The van der Waals surface area contributed by atoms with Crippen LogP contribution in [0.1, 0.15) is 39.0 Å². The summed E-state index contributed by atoms with van der Waals surface area (Å²) in [5.74, 6) is -1.69. The normalized spacial score (nSPS) is 21.2. The van der Waals surface area contributed by atoms with E-state index in [9.17, 15) is 13.6 Å². The highest BCUT2D eigenvalue weighted by atomic mass is 19.1. The maximum Gasteiger partial charge on any atom is 0.263 e. The van der Waals surface area contributed by atoms with Gasteiger partial charge in [0.15, 0.2) is 17.7 Å². The van der Waals surface area contributed by atoms with E-state index in [2.05, 4.69) is 4.90 Å². The van der Waals surface area contributed by atoms with Crippen molar-refractivity contribution in [2.75, 3.05) is 26.2 Å². The zero-order chi connectivity index (χ0) is 17.8. The minimum absolute atomic E-state index is 0.0944. The molecule has 1 aromatic carbocycles. The molecule has 1 aromatic rings. The summed E-state index contributed by atoms with van der Waals surface area (Å²) in [5.41, 5.74) is 0. The molecule has 0 N–H and O–H groups in total. The molecular formula is C19H26F2N2O2. The SMILES string of the molecule is CC(Oc1ccc(F)cc1F)C(=O)N1CCN(C2CCCCC2)CC1. The fourth-order valence-corrected chi connectivity index (χ4v) is 3.82. The van der Waals surface area contributed by atoms with Gasteiger partial charge in [-0.15, -0.1) is 0 Å². The molecule has 2 fully saturated rings. The van der Waals surface area contributed by atoms with E-state index in [0.29, 0.717) is 19.1 Å². The van der Waals surface area contributed by atoms with Crippen LogP contribution in [0.3, 0.4) is 0 Å². The number of halogens is 2. The summed E-state index contributed by atoms with van der Waals surface area (Å²) in [6.45, 7) is 4.73. The molecule has 1 saturated heterocycles. The average molecular weight is 352 g/mol. The van der Waals surface area contributed by atoms with Gasteiger partial charge in [-0.05, 0) is 31.9 Å². The smallest absolute Gasteiger partial charge is 0.263 e. The standard InChI is InChI=1S/C19H26F2N2O2/c1-14(25-18-8-7-15(20)13-17(18)21)19(24)23-11-9-22(10-12-23)16-5-3-2-4-6-16/h7-8,13-14,16H,2-6,9-12H2,1H3. The lowest BCUT2D eigenvalue weighted by Crippen LogP contribution is -2.54. The maximum absolute atomic E-state index is 13.7. The molecule has 6 heteroatoms. The van der Waals surface area contributed by atoms with Crippen molar-refractivity contribution in [3.05, 3.63) is 29.8 Å². The maximum atomic E-state index is 13.7. The molecule has 1 amide bonds. The number of hydrogen-bond donors (Lipinski definition) is 0. The number of rotatable bonds is 4. The van der Waals surface area contributed by atoms with Gasteiger partial charge in [-0.25, -0.2) is 8.78 Å². The van der Waals surface area contributed by atoms with Crippen LogP contribution in [0.15, 0.2) is 18.2 Å². The Morgan fingerprint density at radius 1 is 1.12 bits per heavy atom. The molecule has 0 radical (unpaired) electrons. The number of carbonyl (C=O) groups is 1. The summed E-state index contributed by atoms with van der Waals surface area (Å²) < 4.78 is 32.0. The van der Waals surface area contributed by atoms with Gasteiger partial charge in [0.2, 0.25) is 0 Å². The molecule has 25 heavy (non-hydrogen) atoms. The lowest BCUT2D eigenvalue weighted by molar-refractivity contribution is -0.140. The molecule has 1 aliphatic carbocycles. The zero-order valence-electron chi connectivity index (χ0n) is 14.7. The van der Waals surface area contributed by atoms with Crippen molar-refractivity contribution >= 4 is 5.91 Å². The summed E-state index contributed by atoms with van der Waals surface area (Å²) in [5, 5.41) is 0. The zero-order valence-corrected chi connectivity index (χ0v) is 14.7. The van der Waals surface area contributed by atoms with Crippen LogP contribution in [0.25, 0.3) is 0 Å². The molecule has 0 bridgehead atoms. The summed E-state index contributed by atoms with van der Waals surface area (Å²) in [6, 6.07) is 3.76. The van der Waals surface area contributed by atoms with Crippen LogP contribution in [0, 0.1) is 11.6 Å². The van der Waals surface area contributed by atoms with Crippen LogP contribution in [-0.4, -0.2) is 54.0 Å². The van der Waals surface area contributed by atoms with E-state index in [0.717, 1.165) is 25.2 Å². The molecule has 2 aliphatic rings. The van der Waals surface area contributed by atoms with E-state index in [1.165, 1.54) is 38.2 Å². The first kappa shape index (κ1) is 18.1. The molecule has 1 heterocycles. The number of amides is 1. The Morgan fingerprint density at radius 3 is 2.44 bits per heavy atom. The summed E-state index contributed by atoms with van der Waals surface area (Å²) in [6.07, 6.45) is 5.68. The van der Waals surface area contributed by atoms with Crippen LogP contribution < -0.4 is 4.74 Å².